The second-order valence-electron chi connectivity index (χ2n) is 4.61. The van der Waals surface area contributed by atoms with Crippen molar-refractivity contribution in [1.82, 2.24) is 10.6 Å². The first kappa shape index (κ1) is 15.2. The molecule has 0 aliphatic heterocycles. The molecule has 16 heavy (non-hydrogen) atoms. The Kier molecular flexibility index (Phi) is 5.78. The van der Waals surface area contributed by atoms with Crippen molar-refractivity contribution in [2.24, 2.45) is 4.99 Å². The first-order valence-electron chi connectivity index (χ1n) is 5.39. The molecule has 0 radical (unpaired) electrons. The fourth-order valence-electron chi connectivity index (χ4n) is 1.00. The molecule has 6 heteroatoms. The van der Waals surface area contributed by atoms with Crippen LogP contribution in [0, 0.1) is 0 Å². The Labute approximate surface area is 98.6 Å². The van der Waals surface area contributed by atoms with Crippen LogP contribution >= 0.6 is 0 Å². The molecule has 0 unspecified atom stereocenters. The van der Waals surface area contributed by atoms with Crippen molar-refractivity contribution in [2.75, 3.05) is 25.1 Å². The highest BCUT2D eigenvalue weighted by molar-refractivity contribution is 7.91. The van der Waals surface area contributed by atoms with Crippen molar-refractivity contribution < 1.29 is 8.42 Å². The number of hydrogen-bond acceptors (Lipinski definition) is 3. The van der Waals surface area contributed by atoms with Crippen molar-refractivity contribution in [1.29, 1.82) is 0 Å². The van der Waals surface area contributed by atoms with Crippen LogP contribution in [-0.2, 0) is 9.84 Å². The zero-order chi connectivity index (χ0) is 12.8. The van der Waals surface area contributed by atoms with Crippen LogP contribution in [0.2, 0.25) is 0 Å². The fourth-order valence-corrected chi connectivity index (χ4v) is 1.71. The van der Waals surface area contributed by atoms with Gasteiger partial charge in [-0.1, -0.05) is 6.92 Å². The average molecular weight is 249 g/mol. The van der Waals surface area contributed by atoms with E-state index in [1.165, 1.54) is 0 Å². The normalized spacial score (nSPS) is 13.7. The molecule has 0 aliphatic carbocycles. The highest BCUT2D eigenvalue weighted by atomic mass is 32.2. The average Bonchev–Trinajstić information content (AvgIpc) is 2.14. The number of nitrogens with zero attached hydrogens (tertiary/aromatic N) is 1. The molecule has 0 amide bonds. The third kappa shape index (κ3) is 7.50. The molecule has 0 saturated heterocycles. The molecule has 0 fully saturated rings. The van der Waals surface area contributed by atoms with Gasteiger partial charge in [-0.15, -0.1) is 0 Å². The van der Waals surface area contributed by atoms with E-state index in [0.29, 0.717) is 12.5 Å². The van der Waals surface area contributed by atoms with E-state index in [9.17, 15) is 8.42 Å². The summed E-state index contributed by atoms with van der Waals surface area (Å²) in [5.74, 6) is 0.938. The Hall–Kier alpha value is -0.780. The quantitative estimate of drug-likeness (QED) is 0.558. The first-order chi connectivity index (χ1) is 7.20. The lowest BCUT2D eigenvalue weighted by Gasteiger charge is -2.23. The molecule has 96 valence electrons. The summed E-state index contributed by atoms with van der Waals surface area (Å²) >= 11 is 0. The van der Waals surface area contributed by atoms with E-state index in [1.807, 2.05) is 20.8 Å². The van der Waals surface area contributed by atoms with Gasteiger partial charge < -0.3 is 10.6 Å². The van der Waals surface area contributed by atoms with Gasteiger partial charge in [0, 0.05) is 24.9 Å². The molecule has 0 heterocycles. The van der Waals surface area contributed by atoms with Crippen LogP contribution in [0.5, 0.6) is 0 Å². The van der Waals surface area contributed by atoms with Gasteiger partial charge in [0.25, 0.3) is 0 Å². The highest BCUT2D eigenvalue weighted by Gasteiger charge is 2.12. The van der Waals surface area contributed by atoms with Gasteiger partial charge in [0.1, 0.15) is 0 Å². The zero-order valence-corrected chi connectivity index (χ0v) is 11.6. The molecule has 0 aromatic carbocycles. The minimum Gasteiger partial charge on any atom is -0.355 e. The maximum Gasteiger partial charge on any atom is 0.191 e. The molecular weight excluding hydrogens is 226 g/mol. The second-order valence-corrected chi connectivity index (χ2v) is 7.08. The molecule has 0 aromatic rings. The minimum absolute atomic E-state index is 0.0918. The third-order valence-corrected chi connectivity index (χ3v) is 3.57. The molecule has 0 aromatic heterocycles. The van der Waals surface area contributed by atoms with E-state index in [1.54, 1.807) is 14.0 Å². The second kappa shape index (κ2) is 6.08. The van der Waals surface area contributed by atoms with Crippen molar-refractivity contribution in [3.8, 4) is 0 Å². The maximum absolute atomic E-state index is 11.3. The van der Waals surface area contributed by atoms with Crippen LogP contribution in [0.15, 0.2) is 4.99 Å². The van der Waals surface area contributed by atoms with Crippen LogP contribution in [-0.4, -0.2) is 45.0 Å². The Bertz CT molecular complexity index is 328. The third-order valence-electron chi connectivity index (χ3n) is 1.86. The Morgan fingerprint density at radius 3 is 2.25 bits per heavy atom. The molecule has 2 N–H and O–H groups in total. The minimum atomic E-state index is -2.91. The molecule has 0 rings (SSSR count). The van der Waals surface area contributed by atoms with Gasteiger partial charge >= 0.3 is 0 Å². The largest absolute Gasteiger partial charge is 0.355 e. The van der Waals surface area contributed by atoms with Gasteiger partial charge in [0.2, 0.25) is 0 Å². The molecule has 5 nitrogen and oxygen atoms in total. The number of sulfone groups is 1. The summed E-state index contributed by atoms with van der Waals surface area (Å²) in [6.45, 7) is 8.08. The van der Waals surface area contributed by atoms with Crippen LogP contribution in [0.1, 0.15) is 27.7 Å². The standard InChI is InChI=1S/C10H23N3O2S/c1-6-16(14,15)8-7-12-9(11-5)13-10(2,3)4/h6-8H2,1-5H3,(H2,11,12,13). The van der Waals surface area contributed by atoms with E-state index < -0.39 is 9.84 Å². The predicted octanol–water partition coefficient (Wildman–Crippen LogP) is 0.385. The van der Waals surface area contributed by atoms with Crippen molar-refractivity contribution >= 4 is 15.8 Å². The lowest BCUT2D eigenvalue weighted by Crippen LogP contribution is -2.48. The predicted molar refractivity (Wildman–Crippen MR) is 68.6 cm³/mol. The lowest BCUT2D eigenvalue weighted by atomic mass is 10.1. The van der Waals surface area contributed by atoms with Crippen molar-refractivity contribution in [2.45, 2.75) is 33.2 Å². The summed E-state index contributed by atoms with van der Waals surface area (Å²) in [4.78, 5) is 4.02. The van der Waals surface area contributed by atoms with Crippen molar-refractivity contribution in [3.63, 3.8) is 0 Å². The smallest absolute Gasteiger partial charge is 0.191 e. The maximum atomic E-state index is 11.3. The summed E-state index contributed by atoms with van der Waals surface area (Å²) in [6.07, 6.45) is 0. The van der Waals surface area contributed by atoms with Crippen molar-refractivity contribution in [3.05, 3.63) is 0 Å². The van der Waals surface area contributed by atoms with Gasteiger partial charge in [0.15, 0.2) is 15.8 Å². The topological polar surface area (TPSA) is 70.6 Å². The van der Waals surface area contributed by atoms with Gasteiger partial charge in [-0.3, -0.25) is 4.99 Å². The molecule has 0 saturated carbocycles. The summed E-state index contributed by atoms with van der Waals surface area (Å²) in [5, 5.41) is 6.13. The van der Waals surface area contributed by atoms with Gasteiger partial charge in [0.05, 0.1) is 5.75 Å². The first-order valence-corrected chi connectivity index (χ1v) is 7.21. The Balaban J connectivity index is 4.10. The monoisotopic (exact) mass is 249 g/mol. The Morgan fingerprint density at radius 1 is 1.31 bits per heavy atom. The van der Waals surface area contributed by atoms with Crippen LogP contribution in [0.4, 0.5) is 0 Å². The van der Waals surface area contributed by atoms with E-state index in [2.05, 4.69) is 15.6 Å². The lowest BCUT2D eigenvalue weighted by molar-refractivity contribution is 0.502. The molecule has 0 bridgehead atoms. The van der Waals surface area contributed by atoms with E-state index in [4.69, 9.17) is 0 Å². The Morgan fingerprint density at radius 2 is 1.88 bits per heavy atom. The number of rotatable bonds is 4. The number of hydrogen-bond donors (Lipinski definition) is 2. The number of aliphatic imine (C=N–C) groups is 1. The summed E-state index contributed by atoms with van der Waals surface area (Å²) in [6, 6.07) is 0. The fraction of sp³-hybridized carbons (Fsp3) is 0.900. The molecule has 0 aliphatic rings. The summed E-state index contributed by atoms with van der Waals surface area (Å²) < 4.78 is 22.5. The van der Waals surface area contributed by atoms with Crippen LogP contribution < -0.4 is 10.6 Å². The highest BCUT2D eigenvalue weighted by Crippen LogP contribution is 1.97. The molecular formula is C10H23N3O2S. The van der Waals surface area contributed by atoms with Crippen LogP contribution in [0.3, 0.4) is 0 Å². The van der Waals surface area contributed by atoms with Gasteiger partial charge in [-0.2, -0.15) is 0 Å². The number of nitrogens with one attached hydrogen (secondary N) is 2. The van der Waals surface area contributed by atoms with Gasteiger partial charge in [-0.25, -0.2) is 8.42 Å². The molecule has 0 atom stereocenters. The SMILES string of the molecule is CCS(=O)(=O)CCNC(=NC)NC(C)(C)C. The molecule has 0 spiro atoms. The van der Waals surface area contributed by atoms with E-state index in [0.717, 1.165) is 0 Å². The van der Waals surface area contributed by atoms with Gasteiger partial charge in [-0.05, 0) is 20.8 Å². The van der Waals surface area contributed by atoms with Crippen LogP contribution in [0.25, 0.3) is 0 Å². The summed E-state index contributed by atoms with van der Waals surface area (Å²) in [5.41, 5.74) is -0.0918. The number of guanidine groups is 1. The van der Waals surface area contributed by atoms with E-state index >= 15 is 0 Å². The summed E-state index contributed by atoms with van der Waals surface area (Å²) in [7, 11) is -1.25. The van der Waals surface area contributed by atoms with E-state index in [-0.39, 0.29) is 17.0 Å². The zero-order valence-electron chi connectivity index (χ0n) is 10.8.